The lowest BCUT2D eigenvalue weighted by atomic mass is 10.2. The largest absolute Gasteiger partial charge is 0.490 e. The van der Waals surface area contributed by atoms with Crippen molar-refractivity contribution in [2.45, 2.75) is 52.2 Å². The van der Waals surface area contributed by atoms with Crippen LogP contribution >= 0.6 is 11.6 Å². The van der Waals surface area contributed by atoms with Gasteiger partial charge >= 0.3 is 5.97 Å². The van der Waals surface area contributed by atoms with Gasteiger partial charge in [0.25, 0.3) is 5.91 Å². The topological polar surface area (TPSA) is 73.9 Å². The lowest BCUT2D eigenvalue weighted by Crippen LogP contribution is -2.37. The number of halogens is 1. The van der Waals surface area contributed by atoms with Gasteiger partial charge < -0.3 is 19.5 Å². The van der Waals surface area contributed by atoms with Gasteiger partial charge in [-0.2, -0.15) is 0 Å². The first-order chi connectivity index (χ1) is 12.0. The van der Waals surface area contributed by atoms with E-state index in [0.29, 0.717) is 24.7 Å². The molecule has 1 aliphatic carbocycles. The molecule has 1 N–H and O–H groups in total. The van der Waals surface area contributed by atoms with Gasteiger partial charge in [-0.05, 0) is 45.2 Å². The van der Waals surface area contributed by atoms with Crippen LogP contribution in [0.3, 0.4) is 0 Å². The fraction of sp³-hybridized carbons (Fsp3) is 0.556. The van der Waals surface area contributed by atoms with Crippen LogP contribution in [0.15, 0.2) is 12.1 Å². The molecule has 0 spiro atoms. The second kappa shape index (κ2) is 8.94. The number of hydrogen-bond donors (Lipinski definition) is 1. The average Bonchev–Trinajstić information content (AvgIpc) is 3.38. The van der Waals surface area contributed by atoms with Crippen molar-refractivity contribution in [3.8, 4) is 11.5 Å². The SMILES string of the molecule is CCCOc1c(Cl)cc(C(=O)OC(C)C(=O)NC2CC2)cc1OCC. The van der Waals surface area contributed by atoms with E-state index in [4.69, 9.17) is 25.8 Å². The minimum Gasteiger partial charge on any atom is -0.490 e. The predicted octanol–water partition coefficient (Wildman–Crippen LogP) is 3.35. The Morgan fingerprint density at radius 1 is 1.28 bits per heavy atom. The van der Waals surface area contributed by atoms with Crippen LogP contribution in [0.25, 0.3) is 0 Å². The van der Waals surface area contributed by atoms with E-state index in [9.17, 15) is 9.59 Å². The van der Waals surface area contributed by atoms with E-state index in [1.165, 1.54) is 12.1 Å². The van der Waals surface area contributed by atoms with Crippen molar-refractivity contribution in [2.24, 2.45) is 0 Å². The summed E-state index contributed by atoms with van der Waals surface area (Å²) in [5, 5.41) is 3.06. The zero-order chi connectivity index (χ0) is 18.4. The van der Waals surface area contributed by atoms with E-state index in [1.54, 1.807) is 6.92 Å². The van der Waals surface area contributed by atoms with Crippen molar-refractivity contribution in [2.75, 3.05) is 13.2 Å². The predicted molar refractivity (Wildman–Crippen MR) is 94.4 cm³/mol. The first-order valence-corrected chi connectivity index (χ1v) is 8.94. The molecule has 2 rings (SSSR count). The van der Waals surface area contributed by atoms with Gasteiger partial charge in [0.15, 0.2) is 17.6 Å². The highest BCUT2D eigenvalue weighted by atomic mass is 35.5. The number of nitrogens with one attached hydrogen (secondary N) is 1. The van der Waals surface area contributed by atoms with E-state index < -0.39 is 12.1 Å². The molecule has 0 aliphatic heterocycles. The molecule has 1 unspecified atom stereocenters. The van der Waals surface area contributed by atoms with Crippen molar-refractivity contribution in [1.82, 2.24) is 5.32 Å². The quantitative estimate of drug-likeness (QED) is 0.676. The molecule has 1 atom stereocenters. The molecule has 1 fully saturated rings. The number of esters is 1. The van der Waals surface area contributed by atoms with Gasteiger partial charge in [0, 0.05) is 6.04 Å². The molecule has 1 aromatic carbocycles. The zero-order valence-corrected chi connectivity index (χ0v) is 15.5. The fourth-order valence-electron chi connectivity index (χ4n) is 2.12. The average molecular weight is 370 g/mol. The van der Waals surface area contributed by atoms with Gasteiger partial charge in [0.2, 0.25) is 0 Å². The van der Waals surface area contributed by atoms with E-state index in [1.807, 2.05) is 13.8 Å². The highest BCUT2D eigenvalue weighted by molar-refractivity contribution is 6.32. The molecule has 1 amide bonds. The lowest BCUT2D eigenvalue weighted by Gasteiger charge is -2.16. The third-order valence-corrected chi connectivity index (χ3v) is 3.85. The maximum Gasteiger partial charge on any atom is 0.339 e. The van der Waals surface area contributed by atoms with Crippen molar-refractivity contribution < 1.29 is 23.8 Å². The standard InChI is InChI=1S/C18H24ClNO5/c1-4-8-24-16-14(19)9-12(10-15(16)23-5-2)18(22)25-11(3)17(21)20-13-6-7-13/h9-11,13H,4-8H2,1-3H3,(H,20,21). The summed E-state index contributed by atoms with van der Waals surface area (Å²) in [4.78, 5) is 24.2. The smallest absolute Gasteiger partial charge is 0.339 e. The molecule has 0 bridgehead atoms. The number of amides is 1. The van der Waals surface area contributed by atoms with Crippen LogP contribution in [0.5, 0.6) is 11.5 Å². The van der Waals surface area contributed by atoms with E-state index in [2.05, 4.69) is 5.32 Å². The minimum absolute atomic E-state index is 0.211. The molecule has 1 aromatic rings. The first-order valence-electron chi connectivity index (χ1n) is 8.56. The number of ether oxygens (including phenoxy) is 3. The summed E-state index contributed by atoms with van der Waals surface area (Å²) in [5.74, 6) is -0.148. The third kappa shape index (κ3) is 5.53. The molecule has 138 valence electrons. The summed E-state index contributed by atoms with van der Waals surface area (Å²) in [6.07, 6.45) is 1.88. The normalized spacial score (nSPS) is 14.6. The third-order valence-electron chi connectivity index (χ3n) is 3.57. The highest BCUT2D eigenvalue weighted by Gasteiger charge is 2.28. The Labute approximate surface area is 152 Å². The number of carbonyl (C=O) groups is 2. The van der Waals surface area contributed by atoms with E-state index in [-0.39, 0.29) is 22.5 Å². The van der Waals surface area contributed by atoms with Crippen molar-refractivity contribution in [3.05, 3.63) is 22.7 Å². The number of benzene rings is 1. The van der Waals surface area contributed by atoms with E-state index >= 15 is 0 Å². The minimum atomic E-state index is -0.876. The molecule has 0 saturated heterocycles. The van der Waals surface area contributed by atoms with E-state index in [0.717, 1.165) is 19.3 Å². The molecule has 6 nitrogen and oxygen atoms in total. The van der Waals surface area contributed by atoms with Crippen LogP contribution < -0.4 is 14.8 Å². The van der Waals surface area contributed by atoms with Gasteiger partial charge in [-0.3, -0.25) is 4.79 Å². The fourth-order valence-corrected chi connectivity index (χ4v) is 2.39. The molecule has 0 radical (unpaired) electrons. The van der Waals surface area contributed by atoms with Crippen LogP contribution in [-0.4, -0.2) is 37.2 Å². The van der Waals surface area contributed by atoms with Crippen LogP contribution in [-0.2, 0) is 9.53 Å². The zero-order valence-electron chi connectivity index (χ0n) is 14.8. The van der Waals surface area contributed by atoms with Crippen molar-refractivity contribution in [1.29, 1.82) is 0 Å². The summed E-state index contributed by atoms with van der Waals surface area (Å²) in [6, 6.07) is 3.19. The number of rotatable bonds is 9. The molecule has 0 aromatic heterocycles. The number of hydrogen-bond acceptors (Lipinski definition) is 5. The van der Waals surface area contributed by atoms with Gasteiger partial charge in [-0.15, -0.1) is 0 Å². The Kier molecular flexibility index (Phi) is 6.93. The number of carbonyl (C=O) groups excluding carboxylic acids is 2. The first kappa shape index (κ1) is 19.4. The molecule has 1 aliphatic rings. The molecular weight excluding hydrogens is 346 g/mol. The van der Waals surface area contributed by atoms with Crippen LogP contribution in [0.2, 0.25) is 5.02 Å². The van der Waals surface area contributed by atoms with Crippen LogP contribution in [0.1, 0.15) is 50.4 Å². The second-order valence-electron chi connectivity index (χ2n) is 5.90. The van der Waals surface area contributed by atoms with Gasteiger partial charge in [0.1, 0.15) is 0 Å². The van der Waals surface area contributed by atoms with Crippen LogP contribution in [0.4, 0.5) is 0 Å². The van der Waals surface area contributed by atoms with Gasteiger partial charge in [0.05, 0.1) is 23.8 Å². The Hall–Kier alpha value is -1.95. The Morgan fingerprint density at radius 3 is 2.60 bits per heavy atom. The molecule has 25 heavy (non-hydrogen) atoms. The Bertz CT molecular complexity index is 630. The Balaban J connectivity index is 2.10. The summed E-state index contributed by atoms with van der Waals surface area (Å²) in [6.45, 7) is 6.24. The second-order valence-corrected chi connectivity index (χ2v) is 6.30. The maximum absolute atomic E-state index is 12.3. The lowest BCUT2D eigenvalue weighted by molar-refractivity contribution is -0.129. The van der Waals surface area contributed by atoms with Crippen LogP contribution in [0, 0.1) is 0 Å². The van der Waals surface area contributed by atoms with Gasteiger partial charge in [-0.1, -0.05) is 18.5 Å². The van der Waals surface area contributed by atoms with Gasteiger partial charge in [-0.25, -0.2) is 4.79 Å². The van der Waals surface area contributed by atoms with Crippen molar-refractivity contribution in [3.63, 3.8) is 0 Å². The molecular formula is C18H24ClNO5. The molecule has 7 heteroatoms. The molecule has 0 heterocycles. The maximum atomic E-state index is 12.3. The summed E-state index contributed by atoms with van der Waals surface area (Å²) >= 11 is 6.23. The highest BCUT2D eigenvalue weighted by Crippen LogP contribution is 2.37. The summed E-state index contributed by atoms with van der Waals surface area (Å²) in [5.41, 5.74) is 0.211. The monoisotopic (exact) mass is 369 g/mol. The Morgan fingerprint density at radius 2 is 2.00 bits per heavy atom. The summed E-state index contributed by atoms with van der Waals surface area (Å²) in [7, 11) is 0. The summed E-state index contributed by atoms with van der Waals surface area (Å²) < 4.78 is 16.4. The molecule has 1 saturated carbocycles. The van der Waals surface area contributed by atoms with Crippen molar-refractivity contribution >= 4 is 23.5 Å².